The lowest BCUT2D eigenvalue weighted by molar-refractivity contribution is 0.0832. The Hall–Kier alpha value is -2.90. The molecule has 0 amide bonds. The summed E-state index contributed by atoms with van der Waals surface area (Å²) in [6.07, 6.45) is 2.26. The molecule has 1 aliphatic carbocycles. The van der Waals surface area contributed by atoms with Crippen LogP contribution in [0.4, 0.5) is 0 Å². The van der Waals surface area contributed by atoms with Crippen molar-refractivity contribution in [2.45, 2.75) is 31.3 Å². The Morgan fingerprint density at radius 2 is 2.08 bits per heavy atom. The second-order valence-corrected chi connectivity index (χ2v) is 6.40. The summed E-state index contributed by atoms with van der Waals surface area (Å²) in [4.78, 5) is 4.58. The van der Waals surface area contributed by atoms with E-state index >= 15 is 0 Å². The molecule has 0 fully saturated rings. The Balaban J connectivity index is 1.36. The molecular formula is C17H17N5O3. The molecule has 2 atom stereocenters. The lowest BCUT2D eigenvalue weighted by Gasteiger charge is -2.24. The molecule has 5 rings (SSSR count). The van der Waals surface area contributed by atoms with Crippen LogP contribution in [-0.4, -0.2) is 31.7 Å². The number of para-hydroxylation sites is 2. The van der Waals surface area contributed by atoms with Crippen LogP contribution in [0.5, 0.6) is 11.5 Å². The number of nitrogens with zero attached hydrogens (tertiary/aromatic N) is 5. The third kappa shape index (κ3) is 2.45. The van der Waals surface area contributed by atoms with E-state index in [-0.39, 0.29) is 12.0 Å². The third-order valence-corrected chi connectivity index (χ3v) is 4.80. The van der Waals surface area contributed by atoms with E-state index in [0.29, 0.717) is 24.1 Å². The van der Waals surface area contributed by atoms with Crippen molar-refractivity contribution >= 4 is 0 Å². The van der Waals surface area contributed by atoms with Crippen LogP contribution in [0.25, 0.3) is 0 Å². The zero-order valence-electron chi connectivity index (χ0n) is 13.8. The largest absolute Gasteiger partial charge is 0.485 e. The number of aromatic nitrogens is 5. The number of hydrogen-bond acceptors (Lipinski definition) is 7. The molecule has 0 saturated carbocycles. The molecule has 0 saturated heterocycles. The van der Waals surface area contributed by atoms with Gasteiger partial charge in [0.25, 0.3) is 0 Å². The first kappa shape index (κ1) is 14.4. The van der Waals surface area contributed by atoms with E-state index in [1.165, 1.54) is 0 Å². The summed E-state index contributed by atoms with van der Waals surface area (Å²) < 4.78 is 19.0. The second-order valence-electron chi connectivity index (χ2n) is 6.40. The monoisotopic (exact) mass is 339 g/mol. The van der Waals surface area contributed by atoms with Gasteiger partial charge in [0, 0.05) is 19.4 Å². The normalized spacial score (nSPS) is 21.8. The number of hydrogen-bond donors (Lipinski definition) is 0. The number of benzene rings is 1. The van der Waals surface area contributed by atoms with Crippen molar-refractivity contribution < 1.29 is 14.0 Å². The van der Waals surface area contributed by atoms with Crippen LogP contribution in [-0.2, 0) is 19.9 Å². The molecule has 2 aromatic heterocycles. The minimum atomic E-state index is -0.357. The fourth-order valence-corrected chi connectivity index (χ4v) is 3.41. The molecule has 3 aromatic rings. The predicted molar refractivity (Wildman–Crippen MR) is 85.4 cm³/mol. The Bertz CT molecular complexity index is 919. The lowest BCUT2D eigenvalue weighted by atomic mass is 9.89. The summed E-state index contributed by atoms with van der Waals surface area (Å²) >= 11 is 0. The van der Waals surface area contributed by atoms with Gasteiger partial charge in [0.1, 0.15) is 6.61 Å². The highest BCUT2D eigenvalue weighted by Crippen LogP contribution is 2.36. The van der Waals surface area contributed by atoms with Crippen LogP contribution in [0, 0.1) is 0 Å². The molecule has 1 aliphatic heterocycles. The van der Waals surface area contributed by atoms with E-state index < -0.39 is 0 Å². The van der Waals surface area contributed by atoms with E-state index in [0.717, 1.165) is 36.4 Å². The number of ether oxygens (including phenoxy) is 2. The van der Waals surface area contributed by atoms with Crippen LogP contribution < -0.4 is 9.47 Å². The predicted octanol–water partition coefficient (Wildman–Crippen LogP) is 1.98. The Labute approximate surface area is 143 Å². The van der Waals surface area contributed by atoms with Crippen molar-refractivity contribution in [2.24, 2.45) is 7.05 Å². The summed E-state index contributed by atoms with van der Waals surface area (Å²) in [7, 11) is 1.91. The maximum atomic E-state index is 5.95. The van der Waals surface area contributed by atoms with Gasteiger partial charge in [-0.1, -0.05) is 22.5 Å². The molecule has 0 N–H and O–H groups in total. The summed E-state index contributed by atoms with van der Waals surface area (Å²) in [6.45, 7) is 0.371. The molecule has 0 spiro atoms. The van der Waals surface area contributed by atoms with Gasteiger partial charge in [-0.2, -0.15) is 4.98 Å². The van der Waals surface area contributed by atoms with E-state index in [9.17, 15) is 0 Å². The van der Waals surface area contributed by atoms with Crippen molar-refractivity contribution in [3.63, 3.8) is 0 Å². The molecule has 0 radical (unpaired) electrons. The smallest absolute Gasteiger partial charge is 0.230 e. The van der Waals surface area contributed by atoms with Gasteiger partial charge < -0.3 is 14.0 Å². The highest BCUT2D eigenvalue weighted by Gasteiger charge is 2.31. The average molecular weight is 339 g/mol. The quantitative estimate of drug-likeness (QED) is 0.705. The standard InChI is InChI=1S/C17H17N5O3/c1-22-12-8-10(6-7-11(12)19-21-22)17-18-16(20-25-17)15-9-23-13-4-2-3-5-14(13)24-15/h2-5,10,15H,6-9H2,1H3. The first-order valence-electron chi connectivity index (χ1n) is 8.37. The molecule has 128 valence electrons. The molecule has 25 heavy (non-hydrogen) atoms. The zero-order chi connectivity index (χ0) is 16.8. The van der Waals surface area contributed by atoms with Gasteiger partial charge in [0.05, 0.1) is 11.4 Å². The molecule has 2 unspecified atom stereocenters. The van der Waals surface area contributed by atoms with Crippen LogP contribution in [0.2, 0.25) is 0 Å². The van der Waals surface area contributed by atoms with Crippen molar-refractivity contribution in [2.75, 3.05) is 6.61 Å². The third-order valence-electron chi connectivity index (χ3n) is 4.80. The highest BCUT2D eigenvalue weighted by molar-refractivity contribution is 5.41. The van der Waals surface area contributed by atoms with Gasteiger partial charge in [0.15, 0.2) is 17.6 Å². The van der Waals surface area contributed by atoms with E-state index in [1.54, 1.807) is 0 Å². The van der Waals surface area contributed by atoms with Crippen molar-refractivity contribution in [3.8, 4) is 11.5 Å². The minimum Gasteiger partial charge on any atom is -0.485 e. The molecular weight excluding hydrogens is 322 g/mol. The van der Waals surface area contributed by atoms with Crippen LogP contribution in [0.15, 0.2) is 28.8 Å². The Morgan fingerprint density at radius 1 is 1.20 bits per heavy atom. The molecule has 0 bridgehead atoms. The first-order chi connectivity index (χ1) is 12.3. The first-order valence-corrected chi connectivity index (χ1v) is 8.37. The lowest BCUT2D eigenvalue weighted by Crippen LogP contribution is -2.22. The highest BCUT2D eigenvalue weighted by atomic mass is 16.6. The Morgan fingerprint density at radius 3 is 3.00 bits per heavy atom. The van der Waals surface area contributed by atoms with E-state index in [1.807, 2.05) is 36.0 Å². The fourth-order valence-electron chi connectivity index (χ4n) is 3.41. The summed E-state index contributed by atoms with van der Waals surface area (Å²) in [5.41, 5.74) is 2.21. The Kier molecular flexibility index (Phi) is 3.22. The van der Waals surface area contributed by atoms with Crippen LogP contribution >= 0.6 is 0 Å². The number of aryl methyl sites for hydroxylation is 2. The molecule has 2 aliphatic rings. The van der Waals surface area contributed by atoms with Gasteiger partial charge in [-0.05, 0) is 25.0 Å². The average Bonchev–Trinajstić information content (AvgIpc) is 3.29. The number of rotatable bonds is 2. The van der Waals surface area contributed by atoms with Crippen LogP contribution in [0.3, 0.4) is 0 Å². The summed E-state index contributed by atoms with van der Waals surface area (Å²) in [6, 6.07) is 7.59. The molecule has 8 heteroatoms. The van der Waals surface area contributed by atoms with Crippen molar-refractivity contribution in [3.05, 3.63) is 47.4 Å². The topological polar surface area (TPSA) is 88.1 Å². The molecule has 1 aromatic carbocycles. The van der Waals surface area contributed by atoms with Gasteiger partial charge in [0.2, 0.25) is 11.7 Å². The second kappa shape index (κ2) is 5.58. The van der Waals surface area contributed by atoms with Gasteiger partial charge in [-0.15, -0.1) is 5.10 Å². The van der Waals surface area contributed by atoms with Crippen molar-refractivity contribution in [1.29, 1.82) is 0 Å². The fraction of sp³-hybridized carbons (Fsp3) is 0.412. The maximum Gasteiger partial charge on any atom is 0.230 e. The van der Waals surface area contributed by atoms with E-state index in [2.05, 4.69) is 20.5 Å². The number of fused-ring (bicyclic) bond motifs is 2. The van der Waals surface area contributed by atoms with E-state index in [4.69, 9.17) is 14.0 Å². The maximum absolute atomic E-state index is 5.95. The SMILES string of the molecule is Cn1nnc2c1CC(c1nc(C3COc4ccccc4O3)no1)CC2. The molecule has 3 heterocycles. The van der Waals surface area contributed by atoms with Gasteiger partial charge in [-0.3, -0.25) is 4.68 Å². The zero-order valence-corrected chi connectivity index (χ0v) is 13.8. The summed E-state index contributed by atoms with van der Waals surface area (Å²) in [5.74, 6) is 2.80. The van der Waals surface area contributed by atoms with Gasteiger partial charge in [-0.25, -0.2) is 0 Å². The van der Waals surface area contributed by atoms with Gasteiger partial charge >= 0.3 is 0 Å². The van der Waals surface area contributed by atoms with Crippen LogP contribution in [0.1, 0.15) is 41.5 Å². The summed E-state index contributed by atoms with van der Waals surface area (Å²) in [5, 5.41) is 12.4. The minimum absolute atomic E-state index is 0.183. The van der Waals surface area contributed by atoms with Crippen molar-refractivity contribution in [1.82, 2.24) is 25.1 Å². The molecule has 8 nitrogen and oxygen atoms in total.